The van der Waals surface area contributed by atoms with Gasteiger partial charge in [0.1, 0.15) is 23.0 Å². The molecule has 0 bridgehead atoms. The summed E-state index contributed by atoms with van der Waals surface area (Å²) >= 11 is 0. The van der Waals surface area contributed by atoms with Gasteiger partial charge in [0.05, 0.1) is 22.7 Å². The van der Waals surface area contributed by atoms with Crippen LogP contribution in [0, 0.1) is 0 Å². The molecule has 2 aliphatic heterocycles. The van der Waals surface area contributed by atoms with Gasteiger partial charge in [0.25, 0.3) is 6.71 Å². The van der Waals surface area contributed by atoms with Gasteiger partial charge in [0.2, 0.25) is 0 Å². The number of rotatable bonds is 6. The summed E-state index contributed by atoms with van der Waals surface area (Å²) in [4.78, 5) is 4.86. The van der Waals surface area contributed by atoms with Gasteiger partial charge in [0.15, 0.2) is 0 Å². The molecule has 13 aromatic carbocycles. The molecular formula is C66H41BN2O2. The van der Waals surface area contributed by atoms with Crippen molar-refractivity contribution >= 4 is 122 Å². The quantitative estimate of drug-likeness (QED) is 0.123. The molecule has 0 aromatic heterocycles. The van der Waals surface area contributed by atoms with Crippen LogP contribution in [0.3, 0.4) is 0 Å². The first-order valence-electron chi connectivity index (χ1n) is 24.4. The van der Waals surface area contributed by atoms with E-state index in [4.69, 9.17) is 9.47 Å². The number of fused-ring (bicyclic) bond motifs is 14. The Bertz CT molecular complexity index is 4050. The maximum absolute atomic E-state index is 7.22. The number of para-hydroxylation sites is 2. The molecule has 0 unspecified atom stereocenters. The number of hydrogen-bond donors (Lipinski definition) is 0. The van der Waals surface area contributed by atoms with E-state index in [1.807, 2.05) is 0 Å². The molecule has 330 valence electrons. The third-order valence-electron chi connectivity index (χ3n) is 14.9. The summed E-state index contributed by atoms with van der Waals surface area (Å²) < 4.78 is 14.4. The maximum atomic E-state index is 7.22. The van der Waals surface area contributed by atoms with Crippen molar-refractivity contribution in [1.29, 1.82) is 0 Å². The average Bonchev–Trinajstić information content (AvgIpc) is 3.43. The monoisotopic (exact) mass is 904 g/mol. The van der Waals surface area contributed by atoms with Gasteiger partial charge in [0, 0.05) is 50.5 Å². The minimum atomic E-state index is -0.204. The van der Waals surface area contributed by atoms with Crippen LogP contribution < -0.4 is 35.7 Å². The Balaban J connectivity index is 0.999. The van der Waals surface area contributed by atoms with Gasteiger partial charge in [-0.05, 0) is 103 Å². The first kappa shape index (κ1) is 39.7. The lowest BCUT2D eigenvalue weighted by Crippen LogP contribution is -2.58. The number of benzene rings is 13. The lowest BCUT2D eigenvalue weighted by atomic mass is 9.33. The molecule has 0 N–H and O–H groups in total. The fourth-order valence-corrected chi connectivity index (χ4v) is 11.9. The van der Waals surface area contributed by atoms with Crippen molar-refractivity contribution in [3.63, 3.8) is 0 Å². The van der Waals surface area contributed by atoms with Gasteiger partial charge in [-0.15, -0.1) is 0 Å². The van der Waals surface area contributed by atoms with E-state index >= 15 is 0 Å². The predicted molar refractivity (Wildman–Crippen MR) is 299 cm³/mol. The predicted octanol–water partition coefficient (Wildman–Crippen LogP) is 16.3. The van der Waals surface area contributed by atoms with E-state index in [9.17, 15) is 0 Å². The topological polar surface area (TPSA) is 24.9 Å². The zero-order chi connectivity index (χ0) is 46.6. The van der Waals surface area contributed by atoms with Crippen LogP contribution in [0.1, 0.15) is 0 Å². The molecule has 0 saturated carbocycles. The molecule has 0 radical (unpaired) electrons. The Kier molecular flexibility index (Phi) is 8.72. The summed E-state index contributed by atoms with van der Waals surface area (Å²) in [6.07, 6.45) is 0. The molecule has 0 aliphatic carbocycles. The summed E-state index contributed by atoms with van der Waals surface area (Å²) in [5, 5.41) is 14.1. The highest BCUT2D eigenvalue weighted by atomic mass is 16.5. The summed E-state index contributed by atoms with van der Waals surface area (Å²) in [7, 11) is 0. The van der Waals surface area contributed by atoms with Crippen LogP contribution in [-0.4, -0.2) is 6.71 Å². The zero-order valence-electron chi connectivity index (χ0n) is 38.5. The molecule has 4 nitrogen and oxygen atoms in total. The van der Waals surface area contributed by atoms with Gasteiger partial charge in [-0.3, -0.25) is 0 Å². The van der Waals surface area contributed by atoms with Gasteiger partial charge < -0.3 is 19.3 Å². The van der Waals surface area contributed by atoms with E-state index in [1.54, 1.807) is 0 Å². The average molecular weight is 905 g/mol. The second kappa shape index (κ2) is 15.6. The van der Waals surface area contributed by atoms with Crippen LogP contribution in [0.5, 0.6) is 23.0 Å². The second-order valence-electron chi connectivity index (χ2n) is 18.7. The SMILES string of the molecule is c1ccc(N(c2cc3c(c4ccccc24)B2c4c(cccc4Oc4cc(N(c5ccccc5)c5cc6ccccc6c6ccccc56)c5ccccc5c42)O3)c2cc3ccccc3c3ccccc23)cc1. The lowest BCUT2D eigenvalue weighted by Gasteiger charge is -2.37. The molecule has 13 aromatic rings. The molecule has 2 aliphatic rings. The van der Waals surface area contributed by atoms with Crippen molar-refractivity contribution < 1.29 is 9.47 Å². The van der Waals surface area contributed by atoms with Crippen molar-refractivity contribution in [2.45, 2.75) is 0 Å². The molecule has 5 heteroatoms. The number of nitrogens with zero attached hydrogens (tertiary/aromatic N) is 2. The Morgan fingerprint density at radius 2 is 0.563 bits per heavy atom. The lowest BCUT2D eigenvalue weighted by molar-refractivity contribution is 0.465. The summed E-state index contributed by atoms with van der Waals surface area (Å²) in [5.41, 5.74) is 9.72. The van der Waals surface area contributed by atoms with Crippen LogP contribution in [0.2, 0.25) is 0 Å². The molecule has 0 amide bonds. The first-order valence-corrected chi connectivity index (χ1v) is 24.4. The highest BCUT2D eigenvalue weighted by Crippen LogP contribution is 2.50. The maximum Gasteiger partial charge on any atom is 0.262 e. The van der Waals surface area contributed by atoms with Crippen LogP contribution in [0.4, 0.5) is 34.1 Å². The van der Waals surface area contributed by atoms with Gasteiger partial charge in [-0.2, -0.15) is 0 Å². The van der Waals surface area contributed by atoms with Crippen molar-refractivity contribution in [3.8, 4) is 23.0 Å². The minimum Gasteiger partial charge on any atom is -0.458 e. The second-order valence-corrected chi connectivity index (χ2v) is 18.7. The van der Waals surface area contributed by atoms with E-state index in [-0.39, 0.29) is 6.71 Å². The van der Waals surface area contributed by atoms with E-state index in [0.717, 1.165) is 95.1 Å². The van der Waals surface area contributed by atoms with E-state index in [2.05, 4.69) is 259 Å². The minimum absolute atomic E-state index is 0.204. The zero-order valence-corrected chi connectivity index (χ0v) is 38.5. The van der Waals surface area contributed by atoms with Gasteiger partial charge in [-0.1, -0.05) is 188 Å². The number of ether oxygens (including phenoxy) is 2. The molecule has 0 fully saturated rings. The third kappa shape index (κ3) is 6.00. The summed E-state index contributed by atoms with van der Waals surface area (Å²) in [6, 6.07) is 89.8. The van der Waals surface area contributed by atoms with E-state index in [1.165, 1.54) is 43.1 Å². The normalized spacial score (nSPS) is 12.4. The molecule has 0 spiro atoms. The van der Waals surface area contributed by atoms with Crippen molar-refractivity contribution in [2.24, 2.45) is 0 Å². The highest BCUT2D eigenvalue weighted by molar-refractivity contribution is 7.01. The number of hydrogen-bond acceptors (Lipinski definition) is 4. The first-order chi connectivity index (χ1) is 35.2. The molecule has 71 heavy (non-hydrogen) atoms. The molecular weight excluding hydrogens is 864 g/mol. The van der Waals surface area contributed by atoms with Crippen LogP contribution in [-0.2, 0) is 0 Å². The van der Waals surface area contributed by atoms with Crippen LogP contribution >= 0.6 is 0 Å². The third-order valence-corrected chi connectivity index (χ3v) is 14.9. The molecule has 15 rings (SSSR count). The smallest absolute Gasteiger partial charge is 0.262 e. The Labute approximate surface area is 410 Å². The van der Waals surface area contributed by atoms with Crippen molar-refractivity contribution in [1.82, 2.24) is 0 Å². The van der Waals surface area contributed by atoms with Gasteiger partial charge in [-0.25, -0.2) is 0 Å². The largest absolute Gasteiger partial charge is 0.458 e. The van der Waals surface area contributed by atoms with Crippen LogP contribution in [0.15, 0.2) is 249 Å². The molecule has 0 saturated heterocycles. The summed E-state index contributed by atoms with van der Waals surface area (Å²) in [5.74, 6) is 3.26. The Morgan fingerprint density at radius 3 is 0.986 bits per heavy atom. The van der Waals surface area contributed by atoms with Crippen molar-refractivity contribution in [3.05, 3.63) is 249 Å². The Hall–Kier alpha value is -9.32. The number of anilines is 6. The standard InChI is InChI=1S/C66H41BN2O2/c1-3-22-44(23-4-1)68(56-38-42-20-7-9-26-46(42)48-28-11-13-30-50(48)56)58-40-62-64(54-34-17-15-32-52(54)58)67-65-55-35-18-16-33-53(55)59(41-63(65)71-61-37-19-36-60(70-62)66(61)67)69(45-24-5-2-6-25-45)57-39-43-21-8-10-27-47(43)49-29-12-14-31-51(49)57/h1-41H. The fraction of sp³-hybridized carbons (Fsp3) is 0. The van der Waals surface area contributed by atoms with E-state index in [0.29, 0.717) is 0 Å². The van der Waals surface area contributed by atoms with Crippen molar-refractivity contribution in [2.75, 3.05) is 9.80 Å². The molecule has 2 heterocycles. The van der Waals surface area contributed by atoms with Crippen LogP contribution in [0.25, 0.3) is 64.6 Å². The van der Waals surface area contributed by atoms with E-state index < -0.39 is 0 Å². The Morgan fingerprint density at radius 1 is 0.239 bits per heavy atom. The van der Waals surface area contributed by atoms with Gasteiger partial charge >= 0.3 is 0 Å². The summed E-state index contributed by atoms with van der Waals surface area (Å²) in [6.45, 7) is -0.204. The fourth-order valence-electron chi connectivity index (χ4n) is 11.9. The molecule has 0 atom stereocenters. The highest BCUT2D eigenvalue weighted by Gasteiger charge is 2.43.